The predicted molar refractivity (Wildman–Crippen MR) is 92.6 cm³/mol. The Bertz CT molecular complexity index is 677. The summed E-state index contributed by atoms with van der Waals surface area (Å²) in [5, 5.41) is 0.132. The van der Waals surface area contributed by atoms with E-state index in [0.717, 1.165) is 20.6 Å². The number of halogens is 3. The van der Waals surface area contributed by atoms with Crippen LogP contribution in [0.3, 0.4) is 0 Å². The quantitative estimate of drug-likeness (QED) is 0.381. The molecule has 0 aliphatic rings. The van der Waals surface area contributed by atoms with Crippen LogP contribution < -0.4 is 0 Å². The van der Waals surface area contributed by atoms with Gasteiger partial charge in [0.1, 0.15) is 0 Å². The van der Waals surface area contributed by atoms with E-state index < -0.39 is 5.38 Å². The number of benzene rings is 1. The molecule has 0 saturated heterocycles. The van der Waals surface area contributed by atoms with E-state index >= 15 is 0 Å². The second-order valence-electron chi connectivity index (χ2n) is 4.70. The van der Waals surface area contributed by atoms with Gasteiger partial charge in [0.2, 0.25) is 0 Å². The van der Waals surface area contributed by atoms with Crippen LogP contribution in [0.25, 0.3) is 5.69 Å². The number of carbonyl (C=O) groups is 1. The molecule has 2 rings (SSSR count). The van der Waals surface area contributed by atoms with Crippen molar-refractivity contribution >= 4 is 51.6 Å². The van der Waals surface area contributed by atoms with Crippen molar-refractivity contribution in [1.29, 1.82) is 0 Å². The summed E-state index contributed by atoms with van der Waals surface area (Å²) in [6.45, 7) is 5.55. The molecule has 2 nitrogen and oxygen atoms in total. The first-order valence-electron chi connectivity index (χ1n) is 6.15. The van der Waals surface area contributed by atoms with Crippen LogP contribution in [0.1, 0.15) is 28.7 Å². The molecular weight excluding hydrogens is 408 g/mol. The van der Waals surface area contributed by atoms with Gasteiger partial charge in [-0.1, -0.05) is 11.6 Å². The first-order chi connectivity index (χ1) is 9.32. The largest absolute Gasteiger partial charge is 0.316 e. The highest BCUT2D eigenvalue weighted by Gasteiger charge is 2.20. The van der Waals surface area contributed by atoms with Crippen molar-refractivity contribution in [2.75, 3.05) is 0 Å². The monoisotopic (exact) mass is 421 g/mol. The molecule has 2 aromatic rings. The Morgan fingerprint density at radius 3 is 2.50 bits per heavy atom. The third kappa shape index (κ3) is 2.90. The van der Waals surface area contributed by atoms with Gasteiger partial charge in [-0.2, -0.15) is 0 Å². The maximum atomic E-state index is 12.1. The number of rotatable bonds is 3. The molecule has 106 valence electrons. The molecule has 0 aliphatic carbocycles. The number of Topliss-reactive ketones (excluding diaryl/α,β-unsaturated/α-hetero) is 1. The summed E-state index contributed by atoms with van der Waals surface area (Å²) < 4.78 is 3.06. The average molecular weight is 422 g/mol. The van der Waals surface area contributed by atoms with Crippen LogP contribution in [0.2, 0.25) is 5.02 Å². The highest BCUT2D eigenvalue weighted by Crippen LogP contribution is 2.28. The van der Waals surface area contributed by atoms with E-state index in [1.165, 1.54) is 0 Å². The lowest BCUT2D eigenvalue weighted by Gasteiger charge is -2.12. The molecule has 0 saturated carbocycles. The molecular formula is C15H14Cl2INO. The van der Waals surface area contributed by atoms with Crippen molar-refractivity contribution < 1.29 is 4.79 Å². The van der Waals surface area contributed by atoms with Gasteiger partial charge in [0.05, 0.1) is 16.1 Å². The fourth-order valence-electron chi connectivity index (χ4n) is 2.26. The van der Waals surface area contributed by atoms with Crippen LogP contribution in [0.15, 0.2) is 24.3 Å². The van der Waals surface area contributed by atoms with Gasteiger partial charge in [-0.05, 0) is 67.6 Å². The van der Waals surface area contributed by atoms with Gasteiger partial charge < -0.3 is 4.57 Å². The maximum absolute atomic E-state index is 12.1. The Labute approximate surface area is 142 Å². The van der Waals surface area contributed by atoms with Crippen molar-refractivity contribution in [1.82, 2.24) is 4.57 Å². The molecule has 1 unspecified atom stereocenters. The Kier molecular flexibility index (Phi) is 4.82. The average Bonchev–Trinajstić information content (AvgIpc) is 2.65. The first-order valence-corrected chi connectivity index (χ1v) is 8.05. The smallest absolute Gasteiger partial charge is 0.182 e. The molecule has 0 radical (unpaired) electrons. The van der Waals surface area contributed by atoms with Gasteiger partial charge in [-0.25, -0.2) is 0 Å². The third-order valence-electron chi connectivity index (χ3n) is 3.21. The van der Waals surface area contributed by atoms with Gasteiger partial charge >= 0.3 is 0 Å². The van der Waals surface area contributed by atoms with E-state index in [9.17, 15) is 4.79 Å². The standard InChI is InChI=1S/C15H14Cl2INO/c1-8-6-12(15(20)9(2)16)10(3)19(8)14-5-4-11(18)7-13(14)17/h4-7,9H,1-3H3. The van der Waals surface area contributed by atoms with E-state index in [-0.39, 0.29) is 5.78 Å². The predicted octanol–water partition coefficient (Wildman–Crippen LogP) is 5.16. The second-order valence-corrected chi connectivity index (χ2v) is 7.00. The molecule has 0 amide bonds. The van der Waals surface area contributed by atoms with E-state index in [1.54, 1.807) is 6.92 Å². The summed E-state index contributed by atoms with van der Waals surface area (Å²) in [6.07, 6.45) is 0. The molecule has 1 atom stereocenters. The number of hydrogen-bond donors (Lipinski definition) is 0. The molecule has 0 aliphatic heterocycles. The Morgan fingerprint density at radius 2 is 1.95 bits per heavy atom. The lowest BCUT2D eigenvalue weighted by molar-refractivity contribution is 0.0991. The summed E-state index contributed by atoms with van der Waals surface area (Å²) in [7, 11) is 0. The number of alkyl halides is 1. The van der Waals surface area contributed by atoms with E-state index in [1.807, 2.05) is 42.7 Å². The second kappa shape index (κ2) is 6.08. The molecule has 0 N–H and O–H groups in total. The minimum atomic E-state index is -0.531. The summed E-state index contributed by atoms with van der Waals surface area (Å²) >= 11 is 14.4. The first kappa shape index (κ1) is 15.9. The van der Waals surface area contributed by atoms with Gasteiger partial charge in [0.25, 0.3) is 0 Å². The molecule has 5 heteroatoms. The summed E-state index contributed by atoms with van der Waals surface area (Å²) in [5.41, 5.74) is 3.36. The Morgan fingerprint density at radius 1 is 1.30 bits per heavy atom. The Hall–Kier alpha value is -0.520. The third-order valence-corrected chi connectivity index (χ3v) is 4.38. The van der Waals surface area contributed by atoms with Gasteiger partial charge in [-0.15, -0.1) is 11.6 Å². The number of carbonyl (C=O) groups excluding carboxylic acids is 1. The summed E-state index contributed by atoms with van der Waals surface area (Å²) in [6, 6.07) is 7.72. The number of aryl methyl sites for hydroxylation is 1. The Balaban J connectivity index is 2.61. The molecule has 1 heterocycles. The van der Waals surface area contributed by atoms with E-state index in [0.29, 0.717) is 10.6 Å². The topological polar surface area (TPSA) is 22.0 Å². The van der Waals surface area contributed by atoms with Crippen molar-refractivity contribution in [2.45, 2.75) is 26.1 Å². The minimum absolute atomic E-state index is 0.0624. The zero-order valence-electron chi connectivity index (χ0n) is 11.4. The molecule has 20 heavy (non-hydrogen) atoms. The van der Waals surface area contributed by atoms with Crippen molar-refractivity contribution in [3.8, 4) is 5.69 Å². The van der Waals surface area contributed by atoms with Crippen LogP contribution in [0.4, 0.5) is 0 Å². The van der Waals surface area contributed by atoms with Gasteiger partial charge in [-0.3, -0.25) is 4.79 Å². The number of hydrogen-bond acceptors (Lipinski definition) is 1. The minimum Gasteiger partial charge on any atom is -0.316 e. The molecule has 0 bridgehead atoms. The van der Waals surface area contributed by atoms with E-state index in [2.05, 4.69) is 22.6 Å². The van der Waals surface area contributed by atoms with Crippen LogP contribution in [-0.4, -0.2) is 15.7 Å². The van der Waals surface area contributed by atoms with Gasteiger partial charge in [0, 0.05) is 20.5 Å². The maximum Gasteiger partial charge on any atom is 0.182 e. The van der Waals surface area contributed by atoms with Crippen LogP contribution >= 0.6 is 45.8 Å². The number of aromatic nitrogens is 1. The van der Waals surface area contributed by atoms with Crippen molar-refractivity contribution in [2.24, 2.45) is 0 Å². The number of ketones is 1. The zero-order valence-corrected chi connectivity index (χ0v) is 15.0. The molecule has 1 aromatic carbocycles. The highest BCUT2D eigenvalue weighted by molar-refractivity contribution is 14.1. The molecule has 0 spiro atoms. The normalized spacial score (nSPS) is 12.5. The SMILES string of the molecule is Cc1cc(C(=O)C(C)Cl)c(C)n1-c1ccc(I)cc1Cl. The number of nitrogens with zero attached hydrogens (tertiary/aromatic N) is 1. The highest BCUT2D eigenvalue weighted by atomic mass is 127. The molecule has 0 fully saturated rings. The summed E-state index contributed by atoms with van der Waals surface area (Å²) in [5.74, 6) is -0.0624. The van der Waals surface area contributed by atoms with Crippen LogP contribution in [-0.2, 0) is 0 Å². The van der Waals surface area contributed by atoms with Crippen molar-refractivity contribution in [3.63, 3.8) is 0 Å². The summed E-state index contributed by atoms with van der Waals surface area (Å²) in [4.78, 5) is 12.1. The molecule has 1 aromatic heterocycles. The van der Waals surface area contributed by atoms with Crippen LogP contribution in [0.5, 0.6) is 0 Å². The van der Waals surface area contributed by atoms with Crippen LogP contribution in [0, 0.1) is 17.4 Å². The van der Waals surface area contributed by atoms with E-state index in [4.69, 9.17) is 23.2 Å². The lowest BCUT2D eigenvalue weighted by atomic mass is 10.1. The fourth-order valence-corrected chi connectivity index (χ4v) is 3.32. The fraction of sp³-hybridized carbons (Fsp3) is 0.267. The van der Waals surface area contributed by atoms with Crippen molar-refractivity contribution in [3.05, 3.63) is 49.8 Å². The van der Waals surface area contributed by atoms with Gasteiger partial charge in [0.15, 0.2) is 5.78 Å². The lowest BCUT2D eigenvalue weighted by Crippen LogP contribution is -2.11. The zero-order chi connectivity index (χ0) is 15.0.